The van der Waals surface area contributed by atoms with Crippen molar-refractivity contribution in [2.75, 3.05) is 32.5 Å². The Morgan fingerprint density at radius 1 is 1.10 bits per heavy atom. The molecule has 8 heteroatoms. The number of anilines is 1. The first kappa shape index (κ1) is 21.8. The van der Waals surface area contributed by atoms with Gasteiger partial charge in [0.25, 0.3) is 5.91 Å². The summed E-state index contributed by atoms with van der Waals surface area (Å²) >= 11 is 0. The Balaban J connectivity index is 1.79. The Labute approximate surface area is 173 Å². The van der Waals surface area contributed by atoms with E-state index < -0.39 is 24.0 Å². The zero-order chi connectivity index (χ0) is 21.9. The second-order valence-corrected chi connectivity index (χ2v) is 7.76. The van der Waals surface area contributed by atoms with E-state index in [1.165, 1.54) is 23.1 Å². The predicted molar refractivity (Wildman–Crippen MR) is 108 cm³/mol. The van der Waals surface area contributed by atoms with Crippen LogP contribution in [0, 0.1) is 5.41 Å². The van der Waals surface area contributed by atoms with Gasteiger partial charge in [-0.05, 0) is 36.7 Å². The van der Waals surface area contributed by atoms with E-state index in [9.17, 15) is 22.8 Å². The highest BCUT2D eigenvalue weighted by Gasteiger charge is 2.62. The Kier molecular flexibility index (Phi) is 6.17. The fourth-order valence-electron chi connectivity index (χ4n) is 3.65. The molecule has 2 aromatic rings. The van der Waals surface area contributed by atoms with Crippen molar-refractivity contribution in [1.82, 2.24) is 9.80 Å². The van der Waals surface area contributed by atoms with E-state index in [0.29, 0.717) is 6.54 Å². The van der Waals surface area contributed by atoms with Crippen LogP contribution in [0.1, 0.15) is 22.3 Å². The number of carbonyl (C=O) groups excluding carboxylic acids is 2. The van der Waals surface area contributed by atoms with Gasteiger partial charge in [-0.1, -0.05) is 36.4 Å². The van der Waals surface area contributed by atoms with Gasteiger partial charge >= 0.3 is 6.18 Å². The minimum Gasteiger partial charge on any atom is -0.345 e. The number of likely N-dealkylation sites (tertiary alicyclic amines) is 1. The first-order chi connectivity index (χ1) is 14.1. The number of hydrogen-bond acceptors (Lipinski definition) is 3. The summed E-state index contributed by atoms with van der Waals surface area (Å²) in [5, 5.41) is 2.39. The van der Waals surface area contributed by atoms with Crippen molar-refractivity contribution in [2.45, 2.75) is 19.1 Å². The van der Waals surface area contributed by atoms with Crippen LogP contribution in [0.25, 0.3) is 0 Å². The molecule has 30 heavy (non-hydrogen) atoms. The summed E-state index contributed by atoms with van der Waals surface area (Å²) in [7, 11) is 3.15. The lowest BCUT2D eigenvalue weighted by molar-refractivity contribution is -0.215. The molecule has 5 nitrogen and oxygen atoms in total. The molecule has 1 heterocycles. The van der Waals surface area contributed by atoms with E-state index in [0.717, 1.165) is 5.56 Å². The van der Waals surface area contributed by atoms with Crippen molar-refractivity contribution in [2.24, 2.45) is 5.41 Å². The lowest BCUT2D eigenvalue weighted by atomic mass is 9.85. The summed E-state index contributed by atoms with van der Waals surface area (Å²) in [6, 6.07) is 15.1. The predicted octanol–water partition coefficient (Wildman–Crippen LogP) is 3.78. The highest BCUT2D eigenvalue weighted by atomic mass is 19.4. The van der Waals surface area contributed by atoms with Gasteiger partial charge in [0.2, 0.25) is 5.91 Å². The van der Waals surface area contributed by atoms with Crippen LogP contribution in [-0.4, -0.2) is 55.0 Å². The molecule has 160 valence electrons. The van der Waals surface area contributed by atoms with Gasteiger partial charge in [0.1, 0.15) is 0 Å². The van der Waals surface area contributed by atoms with E-state index in [1.807, 2.05) is 30.3 Å². The highest BCUT2D eigenvalue weighted by molar-refractivity contribution is 5.99. The number of rotatable bonds is 5. The molecule has 0 aromatic heterocycles. The average Bonchev–Trinajstić information content (AvgIpc) is 3.13. The van der Waals surface area contributed by atoms with E-state index in [4.69, 9.17) is 0 Å². The number of hydrogen-bond donors (Lipinski definition) is 1. The lowest BCUT2D eigenvalue weighted by Gasteiger charge is -2.30. The van der Waals surface area contributed by atoms with Gasteiger partial charge in [-0.15, -0.1) is 0 Å². The molecule has 0 saturated carbocycles. The molecule has 1 fully saturated rings. The van der Waals surface area contributed by atoms with Crippen molar-refractivity contribution in [1.29, 1.82) is 0 Å². The van der Waals surface area contributed by atoms with Crippen molar-refractivity contribution >= 4 is 17.5 Å². The first-order valence-electron chi connectivity index (χ1n) is 9.58. The number of carbonyl (C=O) groups is 2. The van der Waals surface area contributed by atoms with Gasteiger partial charge in [-0.2, -0.15) is 13.2 Å². The summed E-state index contributed by atoms with van der Waals surface area (Å²) < 4.78 is 42.1. The van der Waals surface area contributed by atoms with Crippen LogP contribution < -0.4 is 5.32 Å². The van der Waals surface area contributed by atoms with Crippen LogP contribution in [0.5, 0.6) is 0 Å². The zero-order valence-electron chi connectivity index (χ0n) is 16.9. The van der Waals surface area contributed by atoms with Gasteiger partial charge in [0.05, 0.1) is 0 Å². The number of nitrogens with zero attached hydrogens (tertiary/aromatic N) is 2. The van der Waals surface area contributed by atoms with Gasteiger partial charge in [-0.25, -0.2) is 0 Å². The fraction of sp³-hybridized carbons (Fsp3) is 0.364. The van der Waals surface area contributed by atoms with E-state index in [-0.39, 0.29) is 30.1 Å². The van der Waals surface area contributed by atoms with Crippen molar-refractivity contribution < 1.29 is 22.8 Å². The first-order valence-corrected chi connectivity index (χ1v) is 9.58. The van der Waals surface area contributed by atoms with Crippen molar-refractivity contribution in [3.8, 4) is 0 Å². The number of alkyl halides is 3. The Morgan fingerprint density at radius 3 is 2.43 bits per heavy atom. The standard InChI is InChI=1S/C22H24F3N3O2/c1-27(2)19(29)17-9-6-10-18(13-17)26-20(30)21(22(23,24)25)11-12-28(15-21)14-16-7-4-3-5-8-16/h3-10,13H,11-12,14-15H2,1-2H3,(H,26,30). The number of amides is 2. The quantitative estimate of drug-likeness (QED) is 0.803. The number of nitrogens with one attached hydrogen (secondary N) is 1. The van der Waals surface area contributed by atoms with Crippen LogP contribution >= 0.6 is 0 Å². The summed E-state index contributed by atoms with van der Waals surface area (Å²) in [6.07, 6.45) is -5.01. The van der Waals surface area contributed by atoms with Crippen LogP contribution in [-0.2, 0) is 11.3 Å². The molecule has 0 bridgehead atoms. The molecule has 1 unspecified atom stereocenters. The zero-order valence-corrected chi connectivity index (χ0v) is 16.9. The number of halogens is 3. The summed E-state index contributed by atoms with van der Waals surface area (Å²) in [6.45, 7) is 0.104. The maximum Gasteiger partial charge on any atom is 0.404 e. The lowest BCUT2D eigenvalue weighted by Crippen LogP contribution is -2.49. The molecule has 0 radical (unpaired) electrons. The van der Waals surface area contributed by atoms with E-state index in [1.54, 1.807) is 25.1 Å². The third-order valence-corrected chi connectivity index (χ3v) is 5.35. The van der Waals surface area contributed by atoms with Gasteiger partial charge < -0.3 is 10.2 Å². The van der Waals surface area contributed by atoms with Gasteiger partial charge in [0, 0.05) is 38.4 Å². The highest BCUT2D eigenvalue weighted by Crippen LogP contribution is 2.46. The van der Waals surface area contributed by atoms with Crippen LogP contribution in [0.3, 0.4) is 0 Å². The molecule has 1 N–H and O–H groups in total. The smallest absolute Gasteiger partial charge is 0.345 e. The summed E-state index contributed by atoms with van der Waals surface area (Å²) in [4.78, 5) is 28.0. The Hall–Kier alpha value is -2.87. The maximum absolute atomic E-state index is 14.0. The molecule has 1 saturated heterocycles. The number of benzene rings is 2. The molecule has 3 rings (SSSR count). The van der Waals surface area contributed by atoms with E-state index >= 15 is 0 Å². The van der Waals surface area contributed by atoms with Crippen LogP contribution in [0.15, 0.2) is 54.6 Å². The van der Waals surface area contributed by atoms with Crippen LogP contribution in [0.4, 0.5) is 18.9 Å². The second kappa shape index (κ2) is 8.47. The molecular weight excluding hydrogens is 395 g/mol. The SMILES string of the molecule is CN(C)C(=O)c1cccc(NC(=O)C2(C(F)(F)F)CCN(Cc3ccccc3)C2)c1. The summed E-state index contributed by atoms with van der Waals surface area (Å²) in [5.74, 6) is -1.40. The molecule has 2 amide bonds. The summed E-state index contributed by atoms with van der Waals surface area (Å²) in [5.41, 5.74) is -1.15. The van der Waals surface area contributed by atoms with Gasteiger partial charge in [-0.3, -0.25) is 14.5 Å². The van der Waals surface area contributed by atoms with E-state index in [2.05, 4.69) is 5.32 Å². The van der Waals surface area contributed by atoms with Crippen molar-refractivity contribution in [3.63, 3.8) is 0 Å². The molecule has 2 aromatic carbocycles. The molecule has 1 aliphatic rings. The Bertz CT molecular complexity index is 915. The fourth-order valence-corrected chi connectivity index (χ4v) is 3.65. The van der Waals surface area contributed by atoms with Gasteiger partial charge in [0.15, 0.2) is 5.41 Å². The molecular formula is C22H24F3N3O2. The minimum atomic E-state index is -4.69. The molecule has 1 aliphatic heterocycles. The largest absolute Gasteiger partial charge is 0.404 e. The third-order valence-electron chi connectivity index (χ3n) is 5.35. The third kappa shape index (κ3) is 4.48. The minimum absolute atomic E-state index is 0.165. The monoisotopic (exact) mass is 419 g/mol. The van der Waals surface area contributed by atoms with Crippen molar-refractivity contribution in [3.05, 3.63) is 65.7 Å². The Morgan fingerprint density at radius 2 is 1.80 bits per heavy atom. The molecule has 0 aliphatic carbocycles. The average molecular weight is 419 g/mol. The van der Waals surface area contributed by atoms with Crippen LogP contribution in [0.2, 0.25) is 0 Å². The normalized spacial score (nSPS) is 19.5. The molecule has 1 atom stereocenters. The maximum atomic E-state index is 14.0. The molecule has 0 spiro atoms. The second-order valence-electron chi connectivity index (χ2n) is 7.76. The topological polar surface area (TPSA) is 52.7 Å².